The fourth-order valence-corrected chi connectivity index (χ4v) is 1.97. The predicted molar refractivity (Wildman–Crippen MR) is 85.8 cm³/mol. The van der Waals surface area contributed by atoms with Crippen LogP contribution in [0.3, 0.4) is 0 Å². The minimum Gasteiger partial charge on any atom is -0.377 e. The molecule has 0 atom stereocenters. The van der Waals surface area contributed by atoms with E-state index in [4.69, 9.17) is 4.74 Å². The van der Waals surface area contributed by atoms with Crippen LogP contribution < -0.4 is 5.32 Å². The first-order chi connectivity index (χ1) is 9.97. The van der Waals surface area contributed by atoms with Crippen LogP contribution in [0, 0.1) is 0 Å². The smallest absolute Gasteiger partial charge is 0.253 e. The number of nitrogens with one attached hydrogen (secondary N) is 1. The van der Waals surface area contributed by atoms with Gasteiger partial charge in [0.2, 0.25) is 0 Å². The third-order valence-electron chi connectivity index (χ3n) is 3.11. The number of hydrogen-bond acceptors (Lipinski definition) is 4. The molecule has 1 aromatic rings. The van der Waals surface area contributed by atoms with Gasteiger partial charge in [-0.3, -0.25) is 4.79 Å². The van der Waals surface area contributed by atoms with Crippen molar-refractivity contribution in [3.8, 4) is 0 Å². The van der Waals surface area contributed by atoms with Crippen LogP contribution in [-0.2, 0) is 11.2 Å². The van der Waals surface area contributed by atoms with E-state index in [1.807, 2.05) is 27.0 Å². The molecule has 5 nitrogen and oxygen atoms in total. The molecule has 0 saturated carbocycles. The second kappa shape index (κ2) is 8.62. The van der Waals surface area contributed by atoms with E-state index in [9.17, 15) is 4.79 Å². The number of amides is 1. The van der Waals surface area contributed by atoms with Gasteiger partial charge in [0.05, 0.1) is 12.7 Å². The number of carbonyl (C=O) groups excluding carboxylic acids is 1. The van der Waals surface area contributed by atoms with Gasteiger partial charge in [-0.1, -0.05) is 13.3 Å². The Kier molecular flexibility index (Phi) is 7.15. The fourth-order valence-electron chi connectivity index (χ4n) is 1.97. The third-order valence-corrected chi connectivity index (χ3v) is 3.11. The SMILES string of the molecule is CCCc1cc(C(=O)N(C)CCOC(C)C)cc(NC)n1. The van der Waals surface area contributed by atoms with Gasteiger partial charge in [-0.15, -0.1) is 0 Å². The first kappa shape index (κ1) is 17.4. The first-order valence-electron chi connectivity index (χ1n) is 7.53. The van der Waals surface area contributed by atoms with Crippen molar-refractivity contribution in [1.29, 1.82) is 0 Å². The van der Waals surface area contributed by atoms with E-state index >= 15 is 0 Å². The summed E-state index contributed by atoms with van der Waals surface area (Å²) < 4.78 is 5.49. The number of carbonyl (C=O) groups is 1. The summed E-state index contributed by atoms with van der Waals surface area (Å²) in [6.07, 6.45) is 2.06. The van der Waals surface area contributed by atoms with Gasteiger partial charge in [0, 0.05) is 31.9 Å². The average Bonchev–Trinajstić information content (AvgIpc) is 2.45. The molecule has 1 aromatic heterocycles. The maximum Gasteiger partial charge on any atom is 0.253 e. The molecule has 0 radical (unpaired) electrons. The topological polar surface area (TPSA) is 54.5 Å². The number of aryl methyl sites for hydroxylation is 1. The Hall–Kier alpha value is -1.62. The maximum absolute atomic E-state index is 12.5. The average molecular weight is 293 g/mol. The summed E-state index contributed by atoms with van der Waals surface area (Å²) >= 11 is 0. The Morgan fingerprint density at radius 3 is 2.71 bits per heavy atom. The van der Waals surface area contributed by atoms with E-state index in [1.165, 1.54) is 0 Å². The number of likely N-dealkylation sites (N-methyl/N-ethyl adjacent to an activating group) is 1. The van der Waals surface area contributed by atoms with Gasteiger partial charge < -0.3 is 15.0 Å². The van der Waals surface area contributed by atoms with Gasteiger partial charge in [-0.05, 0) is 32.4 Å². The largest absolute Gasteiger partial charge is 0.377 e. The monoisotopic (exact) mass is 293 g/mol. The Bertz CT molecular complexity index is 461. The number of pyridine rings is 1. The molecule has 0 unspecified atom stereocenters. The zero-order valence-electron chi connectivity index (χ0n) is 13.8. The van der Waals surface area contributed by atoms with Crippen molar-refractivity contribution in [2.24, 2.45) is 0 Å². The molecule has 0 spiro atoms. The molecule has 0 saturated heterocycles. The molecule has 0 bridgehead atoms. The normalized spacial score (nSPS) is 10.8. The van der Waals surface area contributed by atoms with Gasteiger partial charge in [-0.2, -0.15) is 0 Å². The second-order valence-electron chi connectivity index (χ2n) is 5.38. The summed E-state index contributed by atoms with van der Waals surface area (Å²) in [6, 6.07) is 3.67. The van der Waals surface area contributed by atoms with Crippen LogP contribution in [0.4, 0.5) is 5.82 Å². The zero-order valence-corrected chi connectivity index (χ0v) is 13.8. The quantitative estimate of drug-likeness (QED) is 0.800. The molecule has 1 rings (SSSR count). The maximum atomic E-state index is 12.5. The summed E-state index contributed by atoms with van der Waals surface area (Å²) in [5, 5.41) is 3.01. The van der Waals surface area contributed by atoms with Crippen LogP contribution in [0.15, 0.2) is 12.1 Å². The number of ether oxygens (including phenoxy) is 1. The highest BCUT2D eigenvalue weighted by atomic mass is 16.5. The third kappa shape index (κ3) is 5.71. The summed E-state index contributed by atoms with van der Waals surface area (Å²) in [5.74, 6) is 0.731. The van der Waals surface area contributed by atoms with E-state index in [1.54, 1.807) is 18.0 Å². The summed E-state index contributed by atoms with van der Waals surface area (Å²) in [5.41, 5.74) is 1.62. The number of aromatic nitrogens is 1. The summed E-state index contributed by atoms with van der Waals surface area (Å²) in [6.45, 7) is 7.20. The molecule has 5 heteroatoms. The van der Waals surface area contributed by atoms with Crippen molar-refractivity contribution >= 4 is 11.7 Å². The minimum atomic E-state index is -0.00129. The van der Waals surface area contributed by atoms with Crippen LogP contribution in [0.2, 0.25) is 0 Å². The lowest BCUT2D eigenvalue weighted by molar-refractivity contribution is 0.0532. The highest BCUT2D eigenvalue weighted by Crippen LogP contribution is 2.13. The van der Waals surface area contributed by atoms with Gasteiger partial charge in [-0.25, -0.2) is 4.98 Å². The van der Waals surface area contributed by atoms with E-state index < -0.39 is 0 Å². The molecule has 1 heterocycles. The van der Waals surface area contributed by atoms with Crippen LogP contribution in [0.5, 0.6) is 0 Å². The molecular formula is C16H27N3O2. The van der Waals surface area contributed by atoms with E-state index in [0.717, 1.165) is 24.4 Å². The van der Waals surface area contributed by atoms with E-state index in [2.05, 4.69) is 17.2 Å². The lowest BCUT2D eigenvalue weighted by atomic mass is 10.1. The number of nitrogens with zero attached hydrogens (tertiary/aromatic N) is 2. The molecule has 0 aromatic carbocycles. The Balaban J connectivity index is 2.77. The lowest BCUT2D eigenvalue weighted by Gasteiger charge is -2.19. The van der Waals surface area contributed by atoms with Gasteiger partial charge in [0.15, 0.2) is 0 Å². The van der Waals surface area contributed by atoms with Crippen molar-refractivity contribution in [2.75, 3.05) is 32.6 Å². The highest BCUT2D eigenvalue weighted by molar-refractivity contribution is 5.94. The minimum absolute atomic E-state index is 0.00129. The van der Waals surface area contributed by atoms with Crippen molar-refractivity contribution in [3.05, 3.63) is 23.4 Å². The summed E-state index contributed by atoms with van der Waals surface area (Å²) in [7, 11) is 3.61. The van der Waals surface area contributed by atoms with Crippen molar-refractivity contribution in [3.63, 3.8) is 0 Å². The number of hydrogen-bond donors (Lipinski definition) is 1. The van der Waals surface area contributed by atoms with Crippen LogP contribution in [0.1, 0.15) is 43.2 Å². The molecule has 21 heavy (non-hydrogen) atoms. The van der Waals surface area contributed by atoms with E-state index in [0.29, 0.717) is 18.7 Å². The Morgan fingerprint density at radius 2 is 2.14 bits per heavy atom. The van der Waals surface area contributed by atoms with Crippen LogP contribution in [-0.4, -0.2) is 49.1 Å². The second-order valence-corrected chi connectivity index (χ2v) is 5.38. The number of anilines is 1. The molecule has 0 aliphatic carbocycles. The van der Waals surface area contributed by atoms with Crippen molar-refractivity contribution in [1.82, 2.24) is 9.88 Å². The van der Waals surface area contributed by atoms with Crippen LogP contribution in [0.25, 0.3) is 0 Å². The molecule has 0 fully saturated rings. The molecule has 118 valence electrons. The molecular weight excluding hydrogens is 266 g/mol. The molecule has 0 aliphatic rings. The number of rotatable bonds is 8. The standard InChI is InChI=1S/C16H27N3O2/c1-6-7-14-10-13(11-15(17-4)18-14)16(20)19(5)8-9-21-12(2)3/h10-12H,6-9H2,1-5H3,(H,17,18). The molecule has 1 amide bonds. The van der Waals surface area contributed by atoms with Crippen molar-refractivity contribution in [2.45, 2.75) is 39.7 Å². The Morgan fingerprint density at radius 1 is 1.43 bits per heavy atom. The van der Waals surface area contributed by atoms with Crippen LogP contribution >= 0.6 is 0 Å². The zero-order chi connectivity index (χ0) is 15.8. The van der Waals surface area contributed by atoms with Gasteiger partial charge >= 0.3 is 0 Å². The fraction of sp³-hybridized carbons (Fsp3) is 0.625. The molecule has 0 aliphatic heterocycles. The van der Waals surface area contributed by atoms with E-state index in [-0.39, 0.29) is 12.0 Å². The Labute approximate surface area is 127 Å². The highest BCUT2D eigenvalue weighted by Gasteiger charge is 2.14. The predicted octanol–water partition coefficient (Wildman–Crippen LogP) is 2.57. The lowest BCUT2D eigenvalue weighted by Crippen LogP contribution is -2.31. The van der Waals surface area contributed by atoms with Crippen molar-refractivity contribution < 1.29 is 9.53 Å². The summed E-state index contributed by atoms with van der Waals surface area (Å²) in [4.78, 5) is 18.6. The van der Waals surface area contributed by atoms with Gasteiger partial charge in [0.25, 0.3) is 5.91 Å². The first-order valence-corrected chi connectivity index (χ1v) is 7.53. The van der Waals surface area contributed by atoms with Gasteiger partial charge in [0.1, 0.15) is 5.82 Å². The molecule has 1 N–H and O–H groups in total.